The maximum Gasteiger partial charge on any atom is 0.325 e. The molecule has 8 nitrogen and oxygen atoms in total. The summed E-state index contributed by atoms with van der Waals surface area (Å²) >= 11 is 0. The van der Waals surface area contributed by atoms with Crippen molar-refractivity contribution in [3.05, 3.63) is 35.9 Å². The molecule has 31 heavy (non-hydrogen) atoms. The number of rotatable bonds is 7. The summed E-state index contributed by atoms with van der Waals surface area (Å²) < 4.78 is 0. The van der Waals surface area contributed by atoms with E-state index in [1.54, 1.807) is 11.9 Å². The van der Waals surface area contributed by atoms with Crippen LogP contribution in [0.25, 0.3) is 0 Å². The van der Waals surface area contributed by atoms with E-state index in [2.05, 4.69) is 64.2 Å². The molecule has 2 atom stereocenters. The summed E-state index contributed by atoms with van der Waals surface area (Å²) in [6.07, 6.45) is 0.556. The second-order valence-electron chi connectivity index (χ2n) is 9.22. The molecule has 4 rings (SSSR count). The number of carbonyl (C=O) groups excluding carboxylic acids is 2. The Morgan fingerprint density at radius 3 is 2.32 bits per heavy atom. The molecule has 2 saturated heterocycles. The van der Waals surface area contributed by atoms with Crippen molar-refractivity contribution < 1.29 is 9.59 Å². The number of piperazine rings is 1. The van der Waals surface area contributed by atoms with Gasteiger partial charge < -0.3 is 9.80 Å². The zero-order valence-electron chi connectivity index (χ0n) is 18.8. The summed E-state index contributed by atoms with van der Waals surface area (Å²) in [5.41, 5.74) is 1.35. The van der Waals surface area contributed by atoms with Crippen LogP contribution in [0, 0.1) is 5.92 Å². The van der Waals surface area contributed by atoms with E-state index in [-0.39, 0.29) is 11.9 Å². The van der Waals surface area contributed by atoms with Gasteiger partial charge >= 0.3 is 6.03 Å². The number of benzene rings is 1. The number of hydrogen-bond donors (Lipinski definition) is 1. The number of urea groups is 1. The number of nitrogens with zero attached hydrogens (tertiary/aromatic N) is 5. The molecule has 0 aliphatic carbocycles. The molecule has 2 unspecified atom stereocenters. The lowest BCUT2D eigenvalue weighted by molar-refractivity contribution is -0.127. The van der Waals surface area contributed by atoms with Crippen molar-refractivity contribution in [1.29, 1.82) is 0 Å². The fourth-order valence-corrected chi connectivity index (χ4v) is 4.53. The van der Waals surface area contributed by atoms with Gasteiger partial charge in [-0.15, -0.1) is 0 Å². The minimum atomic E-state index is -0.428. The Morgan fingerprint density at radius 1 is 1.03 bits per heavy atom. The van der Waals surface area contributed by atoms with Crippen LogP contribution in [0.4, 0.5) is 4.79 Å². The lowest BCUT2D eigenvalue weighted by atomic mass is 10.1. The maximum atomic E-state index is 12.6. The number of aliphatic imine (C=N–C) groups is 1. The fourth-order valence-electron chi connectivity index (χ4n) is 4.53. The molecule has 2 fully saturated rings. The zero-order chi connectivity index (χ0) is 22.0. The highest BCUT2D eigenvalue weighted by atomic mass is 16.2. The maximum absolute atomic E-state index is 12.6. The molecule has 0 bridgehead atoms. The van der Waals surface area contributed by atoms with Crippen LogP contribution >= 0.6 is 0 Å². The number of nitrogens with one attached hydrogen (secondary N) is 1. The second kappa shape index (κ2) is 9.36. The van der Waals surface area contributed by atoms with E-state index in [9.17, 15) is 9.59 Å². The summed E-state index contributed by atoms with van der Waals surface area (Å²) in [4.78, 5) is 38.2. The highest BCUT2D eigenvalue weighted by molar-refractivity contribution is 6.04. The summed E-state index contributed by atoms with van der Waals surface area (Å²) in [6.45, 7) is 10.8. The third kappa shape index (κ3) is 4.91. The van der Waals surface area contributed by atoms with Gasteiger partial charge in [-0.25, -0.2) is 9.79 Å². The monoisotopic (exact) mass is 426 g/mol. The predicted molar refractivity (Wildman–Crippen MR) is 121 cm³/mol. The average Bonchev–Trinajstić information content (AvgIpc) is 3.11. The number of hydrogen-bond acceptors (Lipinski definition) is 6. The Balaban J connectivity index is 1.40. The molecule has 0 spiro atoms. The van der Waals surface area contributed by atoms with Crippen molar-refractivity contribution in [2.24, 2.45) is 10.9 Å². The molecule has 0 saturated carbocycles. The van der Waals surface area contributed by atoms with E-state index in [4.69, 9.17) is 4.99 Å². The molecule has 8 heteroatoms. The van der Waals surface area contributed by atoms with Gasteiger partial charge in [-0.1, -0.05) is 44.2 Å². The summed E-state index contributed by atoms with van der Waals surface area (Å²) in [5.74, 6) is 1.24. The fraction of sp³-hybridized carbons (Fsp3) is 0.609. The quantitative estimate of drug-likeness (QED) is 0.715. The number of amides is 3. The van der Waals surface area contributed by atoms with Crippen molar-refractivity contribution in [3.8, 4) is 0 Å². The number of imide groups is 1. The molecule has 1 N–H and O–H groups in total. The molecule has 1 aromatic carbocycles. The van der Waals surface area contributed by atoms with E-state index < -0.39 is 12.2 Å². The zero-order valence-corrected chi connectivity index (χ0v) is 18.8. The average molecular weight is 427 g/mol. The van der Waals surface area contributed by atoms with Crippen molar-refractivity contribution in [1.82, 2.24) is 24.9 Å². The SMILES string of the molecule is CC(C)CCN1C(CN2CCN(Cc3ccccc3)CC2)=NC2C1C(=O)NC(=O)N2C. The molecule has 0 radical (unpaired) electrons. The van der Waals surface area contributed by atoms with Gasteiger partial charge in [0, 0.05) is 46.3 Å². The van der Waals surface area contributed by atoms with Crippen LogP contribution in [0.2, 0.25) is 0 Å². The Kier molecular flexibility index (Phi) is 6.57. The van der Waals surface area contributed by atoms with Gasteiger partial charge in [0.15, 0.2) is 12.2 Å². The highest BCUT2D eigenvalue weighted by Crippen LogP contribution is 2.25. The molecule has 3 amide bonds. The molecular weight excluding hydrogens is 392 g/mol. The summed E-state index contributed by atoms with van der Waals surface area (Å²) in [7, 11) is 1.72. The molecule has 3 aliphatic rings. The number of fused-ring (bicyclic) bond motifs is 1. The smallest absolute Gasteiger partial charge is 0.325 e. The van der Waals surface area contributed by atoms with Gasteiger partial charge in [-0.2, -0.15) is 0 Å². The first kappa shape index (κ1) is 21.8. The Hall–Kier alpha value is -2.45. The van der Waals surface area contributed by atoms with Gasteiger partial charge in [-0.3, -0.25) is 19.9 Å². The molecule has 168 valence electrons. The second-order valence-corrected chi connectivity index (χ2v) is 9.22. The first-order valence-electron chi connectivity index (χ1n) is 11.3. The van der Waals surface area contributed by atoms with Gasteiger partial charge in [0.2, 0.25) is 0 Å². The van der Waals surface area contributed by atoms with Crippen molar-refractivity contribution in [3.63, 3.8) is 0 Å². The lowest BCUT2D eigenvalue weighted by Gasteiger charge is -2.38. The molecule has 3 heterocycles. The van der Waals surface area contributed by atoms with Gasteiger partial charge in [0.1, 0.15) is 5.84 Å². The normalized spacial score (nSPS) is 25.1. The van der Waals surface area contributed by atoms with Crippen LogP contribution in [-0.4, -0.2) is 95.9 Å². The van der Waals surface area contributed by atoms with Crippen LogP contribution in [0.3, 0.4) is 0 Å². The molecule has 3 aliphatic heterocycles. The number of carbonyl (C=O) groups is 2. The molecule has 0 aromatic heterocycles. The van der Waals surface area contributed by atoms with Gasteiger partial charge in [0.05, 0.1) is 6.54 Å². The summed E-state index contributed by atoms with van der Waals surface area (Å²) in [5, 5.41) is 2.48. The van der Waals surface area contributed by atoms with Crippen LogP contribution < -0.4 is 5.32 Å². The standard InChI is InChI=1S/C23H34N6O2/c1-17(2)9-10-29-19(24-21-20(29)22(30)25-23(31)26(21)3)16-28-13-11-27(12-14-28)15-18-7-5-4-6-8-18/h4-8,17,20-21H,9-16H2,1-3H3,(H,25,30,31). The molecule has 1 aromatic rings. The van der Waals surface area contributed by atoms with Crippen molar-refractivity contribution in [2.75, 3.05) is 46.3 Å². The number of likely N-dealkylation sites (N-methyl/N-ethyl adjacent to an activating group) is 1. The molecular formula is C23H34N6O2. The van der Waals surface area contributed by atoms with Crippen LogP contribution in [-0.2, 0) is 11.3 Å². The lowest BCUT2D eigenvalue weighted by Crippen LogP contribution is -2.64. The third-order valence-electron chi connectivity index (χ3n) is 6.47. The van der Waals surface area contributed by atoms with E-state index in [1.165, 1.54) is 5.56 Å². The van der Waals surface area contributed by atoms with E-state index in [0.717, 1.165) is 58.1 Å². The first-order chi connectivity index (χ1) is 14.9. The predicted octanol–water partition coefficient (Wildman–Crippen LogP) is 1.44. The first-order valence-corrected chi connectivity index (χ1v) is 11.3. The largest absolute Gasteiger partial charge is 0.344 e. The minimum absolute atomic E-state index is 0.233. The van der Waals surface area contributed by atoms with Crippen LogP contribution in [0.15, 0.2) is 35.3 Å². The Morgan fingerprint density at radius 2 is 1.68 bits per heavy atom. The third-order valence-corrected chi connectivity index (χ3v) is 6.47. The Bertz CT molecular complexity index is 819. The van der Waals surface area contributed by atoms with E-state index in [0.29, 0.717) is 5.92 Å². The Labute approximate surface area is 184 Å². The van der Waals surface area contributed by atoms with E-state index in [1.807, 2.05) is 0 Å². The topological polar surface area (TPSA) is 71.5 Å². The van der Waals surface area contributed by atoms with Crippen LogP contribution in [0.1, 0.15) is 25.8 Å². The highest BCUT2D eigenvalue weighted by Gasteiger charge is 2.48. The van der Waals surface area contributed by atoms with Crippen LogP contribution in [0.5, 0.6) is 0 Å². The van der Waals surface area contributed by atoms with Gasteiger partial charge in [-0.05, 0) is 17.9 Å². The van der Waals surface area contributed by atoms with Crippen molar-refractivity contribution in [2.45, 2.75) is 39.0 Å². The van der Waals surface area contributed by atoms with E-state index >= 15 is 0 Å². The van der Waals surface area contributed by atoms with Crippen molar-refractivity contribution >= 4 is 17.8 Å². The minimum Gasteiger partial charge on any atom is -0.344 e. The van der Waals surface area contributed by atoms with Gasteiger partial charge in [0.25, 0.3) is 5.91 Å². The number of amidine groups is 1. The summed E-state index contributed by atoms with van der Waals surface area (Å²) in [6, 6.07) is 9.80.